The van der Waals surface area contributed by atoms with E-state index in [9.17, 15) is 9.18 Å². The quantitative estimate of drug-likeness (QED) is 0.597. The van der Waals surface area contributed by atoms with Crippen molar-refractivity contribution in [2.45, 2.75) is 31.9 Å². The molecule has 2 aromatic heterocycles. The number of hydrogen-bond donors (Lipinski definition) is 1. The largest absolute Gasteiger partial charge is 0.493 e. The smallest absolute Gasteiger partial charge is 0.272 e. The summed E-state index contributed by atoms with van der Waals surface area (Å²) in [7, 11) is 1.58. The van der Waals surface area contributed by atoms with Gasteiger partial charge < -0.3 is 14.8 Å². The molecule has 0 unspecified atom stereocenters. The minimum Gasteiger partial charge on any atom is -0.493 e. The van der Waals surface area contributed by atoms with Gasteiger partial charge in [0.15, 0.2) is 5.69 Å². The summed E-state index contributed by atoms with van der Waals surface area (Å²) in [4.78, 5) is 19.0. The third-order valence-electron chi connectivity index (χ3n) is 5.33. The van der Waals surface area contributed by atoms with Crippen LogP contribution in [0.1, 0.15) is 35.4 Å². The molecule has 1 amide bonds. The third-order valence-corrected chi connectivity index (χ3v) is 5.33. The van der Waals surface area contributed by atoms with Crippen molar-refractivity contribution in [3.63, 3.8) is 0 Å². The van der Waals surface area contributed by atoms with Crippen LogP contribution in [-0.2, 0) is 11.3 Å². The Hall–Kier alpha value is -3.33. The van der Waals surface area contributed by atoms with Crippen molar-refractivity contribution in [3.05, 3.63) is 66.0 Å². The molecule has 0 bridgehead atoms. The van der Waals surface area contributed by atoms with Crippen molar-refractivity contribution in [1.82, 2.24) is 25.3 Å². The molecule has 1 aromatic carbocycles. The molecule has 0 aliphatic heterocycles. The van der Waals surface area contributed by atoms with Crippen molar-refractivity contribution >= 4 is 5.91 Å². The normalized spacial score (nSPS) is 18.1. The van der Waals surface area contributed by atoms with Crippen LogP contribution in [0.3, 0.4) is 0 Å². The molecule has 1 aliphatic carbocycles. The average Bonchev–Trinajstić information content (AvgIpc) is 3.46. The first-order chi connectivity index (χ1) is 15.1. The summed E-state index contributed by atoms with van der Waals surface area (Å²) in [6, 6.07) is 9.45. The summed E-state index contributed by atoms with van der Waals surface area (Å²) < 4.78 is 24.1. The Balaban J connectivity index is 1.47. The molecule has 4 rings (SSSR count). The maximum absolute atomic E-state index is 13.2. The zero-order valence-electron chi connectivity index (χ0n) is 17.2. The van der Waals surface area contributed by atoms with Crippen LogP contribution in [0, 0.1) is 11.7 Å². The lowest BCUT2D eigenvalue weighted by molar-refractivity contribution is 0.0912. The first-order valence-corrected chi connectivity index (χ1v) is 10.2. The number of aromatic nitrogens is 4. The van der Waals surface area contributed by atoms with Crippen LogP contribution in [0.4, 0.5) is 4.39 Å². The summed E-state index contributed by atoms with van der Waals surface area (Å²) in [6.45, 7) is 0.742. The molecule has 2 heterocycles. The molecule has 9 heteroatoms. The number of amides is 1. The fraction of sp³-hybridized carbons (Fsp3) is 0.364. The average molecular weight is 425 g/mol. The van der Waals surface area contributed by atoms with Crippen LogP contribution < -0.4 is 10.1 Å². The van der Waals surface area contributed by atoms with Crippen molar-refractivity contribution in [2.75, 3.05) is 13.7 Å². The first-order valence-electron chi connectivity index (χ1n) is 10.2. The monoisotopic (exact) mass is 425 g/mol. The molecule has 0 spiro atoms. The highest BCUT2D eigenvalue weighted by Gasteiger charge is 2.30. The van der Waals surface area contributed by atoms with E-state index in [0.29, 0.717) is 30.3 Å². The number of methoxy groups -OCH3 is 1. The van der Waals surface area contributed by atoms with Gasteiger partial charge in [0.25, 0.3) is 5.91 Å². The van der Waals surface area contributed by atoms with Crippen LogP contribution in [0.15, 0.2) is 48.8 Å². The fourth-order valence-corrected chi connectivity index (χ4v) is 3.79. The maximum atomic E-state index is 13.2. The SMILES string of the molecule is COCc1ccc(-n2nccn2)c(C(=O)N[C@H]2CCC[C@@H]2COc2ccc(F)cc2)n1. The number of halogens is 1. The van der Waals surface area contributed by atoms with E-state index in [-0.39, 0.29) is 29.4 Å². The standard InChI is InChI=1S/C22H24FN5O3/c1-30-14-17-7-10-20(28-24-11-12-25-28)21(26-17)22(29)27-19-4-2-3-15(19)13-31-18-8-5-16(23)6-9-18/h5-12,15,19H,2-4,13-14H2,1H3,(H,27,29)/t15-,19+/m1/s1. The predicted octanol–water partition coefficient (Wildman–Crippen LogP) is 2.93. The van der Waals surface area contributed by atoms with E-state index < -0.39 is 0 Å². The molecular formula is C22H24FN5O3. The zero-order valence-corrected chi connectivity index (χ0v) is 17.2. The maximum Gasteiger partial charge on any atom is 0.272 e. The molecule has 0 saturated heterocycles. The summed E-state index contributed by atoms with van der Waals surface area (Å²) in [5.74, 6) is 0.176. The van der Waals surface area contributed by atoms with Crippen molar-refractivity contribution in [3.8, 4) is 11.4 Å². The number of hydrogen-bond acceptors (Lipinski definition) is 6. The summed E-state index contributed by atoms with van der Waals surface area (Å²) in [5.41, 5.74) is 1.39. The van der Waals surface area contributed by atoms with Crippen LogP contribution in [0.5, 0.6) is 5.75 Å². The van der Waals surface area contributed by atoms with E-state index in [2.05, 4.69) is 20.5 Å². The van der Waals surface area contributed by atoms with E-state index in [0.717, 1.165) is 19.3 Å². The number of benzene rings is 1. The molecule has 2 atom stereocenters. The molecule has 31 heavy (non-hydrogen) atoms. The summed E-state index contributed by atoms with van der Waals surface area (Å²) in [5, 5.41) is 11.4. The van der Waals surface area contributed by atoms with Crippen molar-refractivity contribution < 1.29 is 18.7 Å². The molecule has 1 fully saturated rings. The number of pyridine rings is 1. The second-order valence-corrected chi connectivity index (χ2v) is 7.46. The van der Waals surface area contributed by atoms with Gasteiger partial charge in [0.1, 0.15) is 17.3 Å². The van der Waals surface area contributed by atoms with Gasteiger partial charge in [-0.05, 0) is 49.2 Å². The van der Waals surface area contributed by atoms with Gasteiger partial charge in [0, 0.05) is 19.1 Å². The Morgan fingerprint density at radius 1 is 1.16 bits per heavy atom. The Morgan fingerprint density at radius 2 is 1.94 bits per heavy atom. The molecule has 1 N–H and O–H groups in total. The van der Waals surface area contributed by atoms with Crippen molar-refractivity contribution in [1.29, 1.82) is 0 Å². The summed E-state index contributed by atoms with van der Waals surface area (Å²) >= 11 is 0. The van der Waals surface area contributed by atoms with Gasteiger partial charge in [-0.3, -0.25) is 4.79 Å². The van der Waals surface area contributed by atoms with E-state index in [1.165, 1.54) is 16.9 Å². The minimum absolute atomic E-state index is 0.0424. The van der Waals surface area contributed by atoms with Gasteiger partial charge in [-0.25, -0.2) is 9.37 Å². The lowest BCUT2D eigenvalue weighted by Gasteiger charge is -2.22. The van der Waals surface area contributed by atoms with Crippen LogP contribution in [-0.4, -0.2) is 45.6 Å². The van der Waals surface area contributed by atoms with Crippen LogP contribution >= 0.6 is 0 Å². The molecule has 162 valence electrons. The Labute approximate surface area is 179 Å². The van der Waals surface area contributed by atoms with Gasteiger partial charge in [-0.2, -0.15) is 10.2 Å². The highest BCUT2D eigenvalue weighted by molar-refractivity contribution is 5.96. The van der Waals surface area contributed by atoms with Crippen LogP contribution in [0.2, 0.25) is 0 Å². The van der Waals surface area contributed by atoms with Gasteiger partial charge in [-0.1, -0.05) is 6.42 Å². The zero-order chi connectivity index (χ0) is 21.6. The molecule has 8 nitrogen and oxygen atoms in total. The van der Waals surface area contributed by atoms with E-state index >= 15 is 0 Å². The minimum atomic E-state index is -0.302. The lowest BCUT2D eigenvalue weighted by atomic mass is 10.0. The van der Waals surface area contributed by atoms with E-state index in [1.807, 2.05) is 0 Å². The van der Waals surface area contributed by atoms with Crippen LogP contribution in [0.25, 0.3) is 5.69 Å². The Morgan fingerprint density at radius 3 is 2.68 bits per heavy atom. The highest BCUT2D eigenvalue weighted by atomic mass is 19.1. The number of nitrogens with zero attached hydrogens (tertiary/aromatic N) is 4. The molecular weight excluding hydrogens is 401 g/mol. The molecule has 0 radical (unpaired) electrons. The van der Waals surface area contributed by atoms with Gasteiger partial charge in [0.2, 0.25) is 0 Å². The molecule has 1 saturated carbocycles. The first kappa shape index (κ1) is 20.9. The lowest BCUT2D eigenvalue weighted by Crippen LogP contribution is -2.40. The van der Waals surface area contributed by atoms with Gasteiger partial charge in [0.05, 0.1) is 31.3 Å². The molecule has 1 aliphatic rings. The summed E-state index contributed by atoms with van der Waals surface area (Å²) in [6.07, 6.45) is 5.88. The highest BCUT2D eigenvalue weighted by Crippen LogP contribution is 2.27. The Bertz CT molecular complexity index is 1010. The fourth-order valence-electron chi connectivity index (χ4n) is 3.79. The Kier molecular flexibility index (Phi) is 6.51. The van der Waals surface area contributed by atoms with Gasteiger partial charge in [-0.15, -0.1) is 4.80 Å². The van der Waals surface area contributed by atoms with Crippen molar-refractivity contribution in [2.24, 2.45) is 5.92 Å². The number of rotatable bonds is 8. The topological polar surface area (TPSA) is 91.2 Å². The molecule has 3 aromatic rings. The number of nitrogens with one attached hydrogen (secondary N) is 1. The number of carbonyl (C=O) groups is 1. The third kappa shape index (κ3) is 5.05. The second kappa shape index (κ2) is 9.65. The van der Waals surface area contributed by atoms with E-state index in [1.54, 1.807) is 43.8 Å². The predicted molar refractivity (Wildman–Crippen MR) is 110 cm³/mol. The van der Waals surface area contributed by atoms with Gasteiger partial charge >= 0.3 is 0 Å². The van der Waals surface area contributed by atoms with E-state index in [4.69, 9.17) is 9.47 Å². The second-order valence-electron chi connectivity index (χ2n) is 7.46. The number of carbonyl (C=O) groups excluding carboxylic acids is 1. The number of ether oxygens (including phenoxy) is 2.